The number of hydrogen-bond acceptors (Lipinski definition) is 3. The highest BCUT2D eigenvalue weighted by molar-refractivity contribution is 6.30. The van der Waals surface area contributed by atoms with E-state index in [2.05, 4.69) is 10.2 Å². The molecular formula is C12H11ClFN3. The summed E-state index contributed by atoms with van der Waals surface area (Å²) in [6.45, 7) is 0. The molecule has 2 aromatic rings. The Bertz CT molecular complexity index is 504. The van der Waals surface area contributed by atoms with Crippen LogP contribution in [0, 0.1) is 5.82 Å². The lowest BCUT2D eigenvalue weighted by molar-refractivity contribution is 0.593. The van der Waals surface area contributed by atoms with Crippen LogP contribution < -0.4 is 5.73 Å². The number of hydrogen-bond donors (Lipinski definition) is 1. The topological polar surface area (TPSA) is 51.8 Å². The Balaban J connectivity index is 2.19. The standard InChI is InChI=1S/C12H11ClFN3/c13-10-3-1-2-8(12(10)14)6-11(15)9-4-5-16-17-7-9/h1-5,7,11H,6,15H2. The first-order valence-electron chi connectivity index (χ1n) is 5.13. The van der Waals surface area contributed by atoms with Gasteiger partial charge in [-0.1, -0.05) is 23.7 Å². The van der Waals surface area contributed by atoms with Crippen molar-refractivity contribution in [2.75, 3.05) is 0 Å². The van der Waals surface area contributed by atoms with E-state index < -0.39 is 5.82 Å². The van der Waals surface area contributed by atoms with Gasteiger partial charge in [-0.2, -0.15) is 10.2 Å². The summed E-state index contributed by atoms with van der Waals surface area (Å²) in [6, 6.07) is 6.34. The van der Waals surface area contributed by atoms with Crippen molar-refractivity contribution in [3.63, 3.8) is 0 Å². The van der Waals surface area contributed by atoms with Crippen LogP contribution in [0.2, 0.25) is 5.02 Å². The number of benzene rings is 1. The zero-order valence-electron chi connectivity index (χ0n) is 8.98. The van der Waals surface area contributed by atoms with E-state index in [1.54, 1.807) is 30.6 Å². The van der Waals surface area contributed by atoms with Gasteiger partial charge in [0.1, 0.15) is 5.82 Å². The minimum atomic E-state index is -0.411. The lowest BCUT2D eigenvalue weighted by atomic mass is 10.0. The minimum absolute atomic E-state index is 0.113. The van der Waals surface area contributed by atoms with Gasteiger partial charge in [0.25, 0.3) is 0 Å². The van der Waals surface area contributed by atoms with E-state index in [4.69, 9.17) is 17.3 Å². The third-order valence-corrected chi connectivity index (χ3v) is 2.80. The van der Waals surface area contributed by atoms with Crippen LogP contribution in [-0.4, -0.2) is 10.2 Å². The second kappa shape index (κ2) is 5.21. The fourth-order valence-electron chi connectivity index (χ4n) is 1.58. The van der Waals surface area contributed by atoms with E-state index in [9.17, 15) is 4.39 Å². The number of nitrogens with zero attached hydrogens (tertiary/aromatic N) is 2. The SMILES string of the molecule is NC(Cc1cccc(Cl)c1F)c1ccnnc1. The molecule has 2 rings (SSSR count). The average Bonchev–Trinajstić information content (AvgIpc) is 2.36. The molecule has 2 N–H and O–H groups in total. The predicted octanol–water partition coefficient (Wildman–Crippen LogP) is 2.51. The third-order valence-electron chi connectivity index (χ3n) is 2.51. The van der Waals surface area contributed by atoms with Gasteiger partial charge in [0.2, 0.25) is 0 Å². The predicted molar refractivity (Wildman–Crippen MR) is 64.1 cm³/mol. The summed E-state index contributed by atoms with van der Waals surface area (Å²) in [4.78, 5) is 0. The maximum Gasteiger partial charge on any atom is 0.145 e. The molecular weight excluding hydrogens is 241 g/mol. The second-order valence-electron chi connectivity index (χ2n) is 3.70. The summed E-state index contributed by atoms with van der Waals surface area (Å²) < 4.78 is 13.7. The Hall–Kier alpha value is -1.52. The highest BCUT2D eigenvalue weighted by Gasteiger charge is 2.12. The molecule has 0 bridgehead atoms. The van der Waals surface area contributed by atoms with Crippen LogP contribution in [0.25, 0.3) is 0 Å². The Morgan fingerprint density at radius 1 is 1.29 bits per heavy atom. The maximum absolute atomic E-state index is 13.7. The van der Waals surface area contributed by atoms with E-state index in [0.717, 1.165) is 5.56 Å². The van der Waals surface area contributed by atoms with Crippen molar-refractivity contribution in [3.05, 3.63) is 58.6 Å². The van der Waals surface area contributed by atoms with Gasteiger partial charge in [-0.15, -0.1) is 0 Å². The van der Waals surface area contributed by atoms with Gasteiger partial charge in [-0.3, -0.25) is 0 Å². The Labute approximate surface area is 103 Å². The molecule has 0 saturated carbocycles. The van der Waals surface area contributed by atoms with Crippen molar-refractivity contribution in [3.8, 4) is 0 Å². The van der Waals surface area contributed by atoms with Gasteiger partial charge in [0.15, 0.2) is 0 Å². The molecule has 0 aliphatic carbocycles. The smallest absolute Gasteiger partial charge is 0.145 e. The van der Waals surface area contributed by atoms with Crippen molar-refractivity contribution in [1.82, 2.24) is 10.2 Å². The molecule has 17 heavy (non-hydrogen) atoms. The highest BCUT2D eigenvalue weighted by atomic mass is 35.5. The minimum Gasteiger partial charge on any atom is -0.324 e. The molecule has 1 heterocycles. The quantitative estimate of drug-likeness (QED) is 0.912. The van der Waals surface area contributed by atoms with E-state index in [1.807, 2.05) is 0 Å². The van der Waals surface area contributed by atoms with Crippen LogP contribution in [0.4, 0.5) is 4.39 Å². The van der Waals surface area contributed by atoms with Gasteiger partial charge >= 0.3 is 0 Å². The summed E-state index contributed by atoms with van der Waals surface area (Å²) in [5.74, 6) is -0.411. The number of rotatable bonds is 3. The lowest BCUT2D eigenvalue weighted by Gasteiger charge is -2.12. The summed E-state index contributed by atoms with van der Waals surface area (Å²) >= 11 is 5.71. The van der Waals surface area contributed by atoms with Crippen LogP contribution in [0.15, 0.2) is 36.7 Å². The van der Waals surface area contributed by atoms with Gasteiger partial charge in [0, 0.05) is 12.2 Å². The van der Waals surface area contributed by atoms with Gasteiger partial charge in [-0.05, 0) is 29.7 Å². The third kappa shape index (κ3) is 2.78. The van der Waals surface area contributed by atoms with Crippen molar-refractivity contribution >= 4 is 11.6 Å². The van der Waals surface area contributed by atoms with E-state index in [1.165, 1.54) is 6.07 Å². The van der Waals surface area contributed by atoms with Gasteiger partial charge in [0.05, 0.1) is 11.2 Å². The van der Waals surface area contributed by atoms with Crippen molar-refractivity contribution in [1.29, 1.82) is 0 Å². The molecule has 1 atom stereocenters. The monoisotopic (exact) mass is 251 g/mol. The fraction of sp³-hybridized carbons (Fsp3) is 0.167. The molecule has 5 heteroatoms. The second-order valence-corrected chi connectivity index (χ2v) is 4.11. The summed E-state index contributed by atoms with van der Waals surface area (Å²) in [7, 11) is 0. The summed E-state index contributed by atoms with van der Waals surface area (Å²) in [6.07, 6.45) is 3.51. The lowest BCUT2D eigenvalue weighted by Crippen LogP contribution is -2.14. The van der Waals surface area contributed by atoms with Crippen LogP contribution in [0.3, 0.4) is 0 Å². The highest BCUT2D eigenvalue weighted by Crippen LogP contribution is 2.22. The van der Waals surface area contributed by atoms with E-state index in [0.29, 0.717) is 12.0 Å². The normalized spacial score (nSPS) is 12.4. The van der Waals surface area contributed by atoms with Crippen molar-refractivity contribution in [2.24, 2.45) is 5.73 Å². The molecule has 3 nitrogen and oxygen atoms in total. The first-order valence-corrected chi connectivity index (χ1v) is 5.51. The number of nitrogens with two attached hydrogens (primary N) is 1. The van der Waals surface area contributed by atoms with E-state index >= 15 is 0 Å². The molecule has 88 valence electrons. The van der Waals surface area contributed by atoms with Crippen LogP contribution in [-0.2, 0) is 6.42 Å². The Kier molecular flexibility index (Phi) is 3.66. The summed E-state index contributed by atoms with van der Waals surface area (Å²) in [5, 5.41) is 7.52. The molecule has 1 aromatic heterocycles. The Morgan fingerprint density at radius 3 is 2.82 bits per heavy atom. The molecule has 0 fully saturated rings. The number of halogens is 2. The Morgan fingerprint density at radius 2 is 2.12 bits per heavy atom. The van der Waals surface area contributed by atoms with Crippen molar-refractivity contribution in [2.45, 2.75) is 12.5 Å². The largest absolute Gasteiger partial charge is 0.324 e. The number of aromatic nitrogens is 2. The zero-order chi connectivity index (χ0) is 12.3. The molecule has 1 aromatic carbocycles. The first kappa shape index (κ1) is 12.0. The van der Waals surface area contributed by atoms with Crippen LogP contribution in [0.1, 0.15) is 17.2 Å². The van der Waals surface area contributed by atoms with Gasteiger partial charge < -0.3 is 5.73 Å². The molecule has 0 radical (unpaired) electrons. The zero-order valence-corrected chi connectivity index (χ0v) is 9.73. The van der Waals surface area contributed by atoms with Gasteiger partial charge in [-0.25, -0.2) is 4.39 Å². The first-order chi connectivity index (χ1) is 8.18. The fourth-order valence-corrected chi connectivity index (χ4v) is 1.78. The van der Waals surface area contributed by atoms with Crippen LogP contribution in [0.5, 0.6) is 0 Å². The molecule has 0 amide bonds. The van der Waals surface area contributed by atoms with Crippen molar-refractivity contribution < 1.29 is 4.39 Å². The summed E-state index contributed by atoms with van der Waals surface area (Å²) in [5.41, 5.74) is 7.29. The average molecular weight is 252 g/mol. The molecule has 0 saturated heterocycles. The molecule has 0 spiro atoms. The maximum atomic E-state index is 13.7. The van der Waals surface area contributed by atoms with Crippen LogP contribution >= 0.6 is 11.6 Å². The molecule has 0 aliphatic heterocycles. The molecule has 0 aliphatic rings. The van der Waals surface area contributed by atoms with E-state index in [-0.39, 0.29) is 11.1 Å². The molecule has 1 unspecified atom stereocenters.